The van der Waals surface area contributed by atoms with Crippen molar-refractivity contribution in [1.29, 1.82) is 0 Å². The molecule has 0 aliphatic heterocycles. The highest BCUT2D eigenvalue weighted by Crippen LogP contribution is 2.14. The Kier molecular flexibility index (Phi) is 4.71. The number of para-hydroxylation sites is 1. The van der Waals surface area contributed by atoms with E-state index >= 15 is 0 Å². The average Bonchev–Trinajstić information content (AvgIpc) is 2.46. The Labute approximate surface area is 121 Å². The number of amides is 1. The second-order valence-corrected chi connectivity index (χ2v) is 4.12. The molecule has 5 heteroatoms. The van der Waals surface area contributed by atoms with Gasteiger partial charge in [0.1, 0.15) is 5.75 Å². The van der Waals surface area contributed by atoms with Gasteiger partial charge in [-0.25, -0.2) is 9.59 Å². The summed E-state index contributed by atoms with van der Waals surface area (Å²) < 4.78 is 5.09. The van der Waals surface area contributed by atoms with Gasteiger partial charge < -0.3 is 9.84 Å². The van der Waals surface area contributed by atoms with Crippen LogP contribution in [0.2, 0.25) is 0 Å². The lowest BCUT2D eigenvalue weighted by Gasteiger charge is -2.07. The molecule has 0 fully saturated rings. The van der Waals surface area contributed by atoms with Crippen molar-refractivity contribution in [1.82, 2.24) is 0 Å². The van der Waals surface area contributed by atoms with Crippen LogP contribution in [0.4, 0.5) is 10.5 Å². The molecule has 0 aromatic heterocycles. The molecule has 0 saturated heterocycles. The van der Waals surface area contributed by atoms with E-state index in [-0.39, 0.29) is 0 Å². The van der Waals surface area contributed by atoms with Crippen molar-refractivity contribution in [3.8, 4) is 5.75 Å². The van der Waals surface area contributed by atoms with Gasteiger partial charge in [0.15, 0.2) is 0 Å². The summed E-state index contributed by atoms with van der Waals surface area (Å²) in [5.74, 6) is -0.589. The van der Waals surface area contributed by atoms with Gasteiger partial charge in [-0.1, -0.05) is 30.3 Å². The average molecular weight is 283 g/mol. The van der Waals surface area contributed by atoms with Crippen LogP contribution in [0.1, 0.15) is 5.56 Å². The molecule has 106 valence electrons. The van der Waals surface area contributed by atoms with E-state index in [2.05, 4.69) is 5.32 Å². The zero-order valence-electron chi connectivity index (χ0n) is 11.0. The van der Waals surface area contributed by atoms with Crippen molar-refractivity contribution in [2.24, 2.45) is 0 Å². The number of aliphatic carboxylic acids is 1. The highest BCUT2D eigenvalue weighted by molar-refractivity contribution is 5.88. The Bertz CT molecular complexity index is 665. The molecule has 0 atom stereocenters. The van der Waals surface area contributed by atoms with Crippen LogP contribution in [0, 0.1) is 0 Å². The van der Waals surface area contributed by atoms with Crippen LogP contribution in [0.5, 0.6) is 5.75 Å². The highest BCUT2D eigenvalue weighted by Gasteiger charge is 2.04. The van der Waals surface area contributed by atoms with E-state index in [0.717, 1.165) is 6.08 Å². The normalized spacial score (nSPS) is 10.3. The maximum absolute atomic E-state index is 11.7. The summed E-state index contributed by atoms with van der Waals surface area (Å²) in [6.07, 6.45) is 1.86. The molecule has 0 aliphatic carbocycles. The monoisotopic (exact) mass is 283 g/mol. The number of hydrogen-bond acceptors (Lipinski definition) is 3. The Balaban J connectivity index is 2.01. The molecule has 2 N–H and O–H groups in total. The second-order valence-electron chi connectivity index (χ2n) is 4.12. The fourth-order valence-electron chi connectivity index (χ4n) is 1.63. The van der Waals surface area contributed by atoms with Crippen molar-refractivity contribution in [2.45, 2.75) is 0 Å². The number of carboxylic acid groups (broad SMARTS) is 1. The number of rotatable bonds is 4. The van der Waals surface area contributed by atoms with Crippen molar-refractivity contribution in [3.05, 3.63) is 66.2 Å². The van der Waals surface area contributed by atoms with Crippen LogP contribution in [-0.2, 0) is 4.79 Å². The van der Waals surface area contributed by atoms with Gasteiger partial charge >= 0.3 is 12.1 Å². The minimum Gasteiger partial charge on any atom is -0.478 e. The Morgan fingerprint density at radius 1 is 1.05 bits per heavy atom. The zero-order chi connectivity index (χ0) is 15.1. The van der Waals surface area contributed by atoms with E-state index in [1.54, 1.807) is 48.5 Å². The fourth-order valence-corrected chi connectivity index (χ4v) is 1.63. The van der Waals surface area contributed by atoms with Crippen LogP contribution in [0.15, 0.2) is 60.7 Å². The lowest BCUT2D eigenvalue weighted by atomic mass is 10.2. The van der Waals surface area contributed by atoms with Gasteiger partial charge in [-0.3, -0.25) is 5.32 Å². The second kappa shape index (κ2) is 6.91. The first-order valence-electron chi connectivity index (χ1n) is 6.18. The summed E-state index contributed by atoms with van der Waals surface area (Å²) in [7, 11) is 0. The molecule has 0 heterocycles. The first-order valence-corrected chi connectivity index (χ1v) is 6.18. The number of nitrogens with one attached hydrogen (secondary N) is 1. The summed E-state index contributed by atoms with van der Waals surface area (Å²) in [5.41, 5.74) is 1.18. The smallest absolute Gasteiger partial charge is 0.417 e. The largest absolute Gasteiger partial charge is 0.478 e. The summed E-state index contributed by atoms with van der Waals surface area (Å²) in [6.45, 7) is 0. The SMILES string of the molecule is O=C(O)C=Cc1cccc(NC(=O)Oc2ccccc2)c1. The number of anilines is 1. The summed E-state index contributed by atoms with van der Waals surface area (Å²) in [4.78, 5) is 22.2. The Morgan fingerprint density at radius 3 is 2.52 bits per heavy atom. The molecule has 5 nitrogen and oxygen atoms in total. The van der Waals surface area contributed by atoms with Gasteiger partial charge in [0.25, 0.3) is 0 Å². The molecule has 0 radical (unpaired) electrons. The van der Waals surface area contributed by atoms with Gasteiger partial charge in [0.05, 0.1) is 0 Å². The Hall–Kier alpha value is -3.08. The van der Waals surface area contributed by atoms with Gasteiger partial charge in [0.2, 0.25) is 0 Å². The van der Waals surface area contributed by atoms with Crippen molar-refractivity contribution >= 4 is 23.8 Å². The number of carbonyl (C=O) groups excluding carboxylic acids is 1. The first-order chi connectivity index (χ1) is 10.1. The van der Waals surface area contributed by atoms with E-state index in [0.29, 0.717) is 17.0 Å². The molecular weight excluding hydrogens is 270 g/mol. The van der Waals surface area contributed by atoms with Crippen molar-refractivity contribution in [3.63, 3.8) is 0 Å². The van der Waals surface area contributed by atoms with Crippen molar-refractivity contribution in [2.75, 3.05) is 5.32 Å². The molecule has 2 aromatic rings. The third-order valence-corrected chi connectivity index (χ3v) is 2.51. The van der Waals surface area contributed by atoms with Gasteiger partial charge in [-0.15, -0.1) is 0 Å². The highest BCUT2D eigenvalue weighted by atomic mass is 16.6. The van der Waals surface area contributed by atoms with Crippen LogP contribution >= 0.6 is 0 Å². The maximum Gasteiger partial charge on any atom is 0.417 e. The van der Waals surface area contributed by atoms with E-state index < -0.39 is 12.1 Å². The molecule has 21 heavy (non-hydrogen) atoms. The maximum atomic E-state index is 11.7. The van der Waals surface area contributed by atoms with E-state index in [9.17, 15) is 9.59 Å². The van der Waals surface area contributed by atoms with E-state index in [4.69, 9.17) is 9.84 Å². The third kappa shape index (κ3) is 4.83. The predicted molar refractivity (Wildman–Crippen MR) is 79.2 cm³/mol. The topological polar surface area (TPSA) is 75.6 Å². The molecule has 2 aromatic carbocycles. The van der Waals surface area contributed by atoms with Crippen molar-refractivity contribution < 1.29 is 19.4 Å². The molecule has 0 saturated carbocycles. The van der Waals surface area contributed by atoms with E-state index in [1.165, 1.54) is 6.08 Å². The number of carboxylic acids is 1. The molecule has 0 spiro atoms. The van der Waals surface area contributed by atoms with Crippen LogP contribution < -0.4 is 10.1 Å². The first kappa shape index (κ1) is 14.3. The molecule has 0 unspecified atom stereocenters. The standard InChI is InChI=1S/C16H13NO4/c18-15(19)10-9-12-5-4-6-13(11-12)17-16(20)21-14-7-2-1-3-8-14/h1-11H,(H,17,20)(H,18,19). The summed E-state index contributed by atoms with van der Waals surface area (Å²) >= 11 is 0. The number of hydrogen-bond donors (Lipinski definition) is 2. The molecule has 2 rings (SSSR count). The summed E-state index contributed by atoms with van der Waals surface area (Å²) in [6, 6.07) is 15.5. The number of ether oxygens (including phenoxy) is 1. The van der Waals surface area contributed by atoms with Gasteiger partial charge in [0, 0.05) is 11.8 Å². The Morgan fingerprint density at radius 2 is 1.81 bits per heavy atom. The lowest BCUT2D eigenvalue weighted by molar-refractivity contribution is -0.131. The van der Waals surface area contributed by atoms with Crippen LogP contribution in [0.25, 0.3) is 6.08 Å². The molecular formula is C16H13NO4. The fraction of sp³-hybridized carbons (Fsp3) is 0. The number of benzene rings is 2. The van der Waals surface area contributed by atoms with Crippen LogP contribution in [0.3, 0.4) is 0 Å². The van der Waals surface area contributed by atoms with Gasteiger partial charge in [-0.2, -0.15) is 0 Å². The van der Waals surface area contributed by atoms with Crippen LogP contribution in [-0.4, -0.2) is 17.2 Å². The summed E-state index contributed by atoms with van der Waals surface area (Å²) in [5, 5.41) is 11.2. The number of carbonyl (C=O) groups is 2. The molecule has 0 bridgehead atoms. The molecule has 0 aliphatic rings. The predicted octanol–water partition coefficient (Wildman–Crippen LogP) is 3.40. The zero-order valence-corrected chi connectivity index (χ0v) is 11.0. The quantitative estimate of drug-likeness (QED) is 0.843. The minimum absolute atomic E-state index is 0.442. The van der Waals surface area contributed by atoms with Gasteiger partial charge in [-0.05, 0) is 35.9 Å². The minimum atomic E-state index is -1.03. The third-order valence-electron chi connectivity index (χ3n) is 2.51. The van der Waals surface area contributed by atoms with E-state index in [1.807, 2.05) is 6.07 Å². The molecule has 1 amide bonds. The lowest BCUT2D eigenvalue weighted by Crippen LogP contribution is -2.16.